The molecule has 3 aromatic carbocycles. The third kappa shape index (κ3) is 5.40. The molecule has 0 aromatic heterocycles. The maximum absolute atomic E-state index is 12.7. The fourth-order valence-corrected chi connectivity index (χ4v) is 3.81. The first kappa shape index (κ1) is 21.8. The highest BCUT2D eigenvalue weighted by atomic mass is 32.2. The lowest BCUT2D eigenvalue weighted by Crippen LogP contribution is -2.41. The number of sulfonamides is 1. The Kier molecular flexibility index (Phi) is 6.56. The molecule has 9 heteroatoms. The Morgan fingerprint density at radius 3 is 2.13 bits per heavy atom. The number of carbonyl (C=O) groups excluding carboxylic acids is 2. The Morgan fingerprint density at radius 1 is 0.839 bits per heavy atom. The van der Waals surface area contributed by atoms with Gasteiger partial charge >= 0.3 is 0 Å². The summed E-state index contributed by atoms with van der Waals surface area (Å²) < 4.78 is 33.0. The van der Waals surface area contributed by atoms with Gasteiger partial charge in [-0.05, 0) is 61.0 Å². The van der Waals surface area contributed by atoms with Gasteiger partial charge in [0.15, 0.2) is 0 Å². The molecule has 3 N–H and O–H groups in total. The lowest BCUT2D eigenvalue weighted by atomic mass is 10.1. The first-order valence-electron chi connectivity index (χ1n) is 9.23. The molecule has 0 aliphatic carbocycles. The van der Waals surface area contributed by atoms with Crippen molar-refractivity contribution in [3.05, 3.63) is 89.5 Å². The number of benzene rings is 3. The zero-order valence-electron chi connectivity index (χ0n) is 16.9. The zero-order valence-corrected chi connectivity index (χ0v) is 17.7. The first-order chi connectivity index (χ1) is 14.8. The van der Waals surface area contributed by atoms with Gasteiger partial charge in [0.05, 0.1) is 12.0 Å². The van der Waals surface area contributed by atoms with Crippen molar-refractivity contribution >= 4 is 27.5 Å². The van der Waals surface area contributed by atoms with E-state index in [9.17, 15) is 18.0 Å². The van der Waals surface area contributed by atoms with E-state index in [1.165, 1.54) is 25.3 Å². The molecule has 0 heterocycles. The number of aryl methyl sites for hydroxylation is 1. The average molecular weight is 439 g/mol. The van der Waals surface area contributed by atoms with Crippen LogP contribution in [0, 0.1) is 6.92 Å². The van der Waals surface area contributed by atoms with Crippen molar-refractivity contribution in [1.82, 2.24) is 10.9 Å². The van der Waals surface area contributed by atoms with E-state index in [1.807, 2.05) is 0 Å². The second-order valence-electron chi connectivity index (χ2n) is 6.59. The Bertz CT molecular complexity index is 1190. The van der Waals surface area contributed by atoms with E-state index < -0.39 is 21.8 Å². The summed E-state index contributed by atoms with van der Waals surface area (Å²) in [6.07, 6.45) is 0. The van der Waals surface area contributed by atoms with Crippen molar-refractivity contribution < 1.29 is 22.7 Å². The van der Waals surface area contributed by atoms with Gasteiger partial charge in [-0.25, -0.2) is 8.42 Å². The maximum atomic E-state index is 12.7. The second-order valence-corrected chi connectivity index (χ2v) is 8.27. The number of nitrogens with one attached hydrogen (secondary N) is 3. The van der Waals surface area contributed by atoms with Gasteiger partial charge in [-0.3, -0.25) is 25.2 Å². The number of anilines is 1. The van der Waals surface area contributed by atoms with Crippen molar-refractivity contribution in [3.8, 4) is 5.75 Å². The van der Waals surface area contributed by atoms with Crippen molar-refractivity contribution in [1.29, 1.82) is 0 Å². The highest BCUT2D eigenvalue weighted by Gasteiger charge is 2.19. The van der Waals surface area contributed by atoms with Crippen molar-refractivity contribution in [2.75, 3.05) is 11.8 Å². The van der Waals surface area contributed by atoms with Crippen LogP contribution in [0.15, 0.2) is 77.7 Å². The highest BCUT2D eigenvalue weighted by molar-refractivity contribution is 7.92. The molecule has 0 aliphatic rings. The van der Waals surface area contributed by atoms with Crippen LogP contribution < -0.4 is 20.3 Å². The average Bonchev–Trinajstić information content (AvgIpc) is 2.78. The quantitative estimate of drug-likeness (QED) is 0.511. The van der Waals surface area contributed by atoms with Crippen molar-refractivity contribution in [2.45, 2.75) is 11.8 Å². The first-order valence-corrected chi connectivity index (χ1v) is 10.7. The third-order valence-corrected chi connectivity index (χ3v) is 5.81. The van der Waals surface area contributed by atoms with Gasteiger partial charge in [0, 0.05) is 16.8 Å². The second kappa shape index (κ2) is 9.31. The van der Waals surface area contributed by atoms with Crippen LogP contribution in [0.4, 0.5) is 5.69 Å². The summed E-state index contributed by atoms with van der Waals surface area (Å²) in [5.74, 6) is -0.533. The maximum Gasteiger partial charge on any atom is 0.270 e. The number of rotatable bonds is 6. The molecule has 0 saturated heterocycles. The minimum absolute atomic E-state index is 0.0894. The van der Waals surface area contributed by atoms with E-state index in [0.717, 1.165) is 0 Å². The van der Waals surface area contributed by atoms with Crippen LogP contribution in [0.25, 0.3) is 0 Å². The molecule has 2 amide bonds. The van der Waals surface area contributed by atoms with Crippen LogP contribution in [-0.4, -0.2) is 27.3 Å². The Hall–Kier alpha value is -3.85. The zero-order chi connectivity index (χ0) is 22.4. The topological polar surface area (TPSA) is 114 Å². The lowest BCUT2D eigenvalue weighted by molar-refractivity contribution is 0.0846. The summed E-state index contributed by atoms with van der Waals surface area (Å²) in [5.41, 5.74) is 6.02. The fraction of sp³-hybridized carbons (Fsp3) is 0.0909. The minimum atomic E-state index is -3.94. The van der Waals surface area contributed by atoms with Gasteiger partial charge in [0.2, 0.25) is 0 Å². The van der Waals surface area contributed by atoms with Crippen LogP contribution in [-0.2, 0) is 10.0 Å². The molecule has 0 radical (unpaired) electrons. The van der Waals surface area contributed by atoms with Crippen LogP contribution in [0.5, 0.6) is 5.75 Å². The SMILES string of the molecule is COc1ccc(NS(=O)(=O)c2ccc(C)c(C(=O)NNC(=O)c3ccccc3)c2)cc1. The lowest BCUT2D eigenvalue weighted by Gasteiger charge is -2.12. The number of ether oxygens (including phenoxy) is 1. The number of hydrazine groups is 1. The molecule has 0 fully saturated rings. The van der Waals surface area contributed by atoms with Crippen molar-refractivity contribution in [3.63, 3.8) is 0 Å². The van der Waals surface area contributed by atoms with Crippen LogP contribution in [0.3, 0.4) is 0 Å². The smallest absolute Gasteiger partial charge is 0.270 e. The summed E-state index contributed by atoms with van der Waals surface area (Å²) in [7, 11) is -2.42. The van der Waals surface area contributed by atoms with Gasteiger partial charge in [0.1, 0.15) is 5.75 Å². The molecule has 0 saturated carbocycles. The molecule has 3 aromatic rings. The molecule has 31 heavy (non-hydrogen) atoms. The Labute approximate surface area is 180 Å². The van der Waals surface area contributed by atoms with E-state index in [1.54, 1.807) is 61.5 Å². The molecular weight excluding hydrogens is 418 g/mol. The summed E-state index contributed by atoms with van der Waals surface area (Å²) >= 11 is 0. The molecule has 8 nitrogen and oxygen atoms in total. The van der Waals surface area contributed by atoms with E-state index in [-0.39, 0.29) is 10.5 Å². The monoisotopic (exact) mass is 439 g/mol. The fourth-order valence-electron chi connectivity index (χ4n) is 2.73. The van der Waals surface area contributed by atoms with Crippen LogP contribution in [0.1, 0.15) is 26.3 Å². The summed E-state index contributed by atoms with van der Waals surface area (Å²) in [6, 6.07) is 18.9. The van der Waals surface area contributed by atoms with Gasteiger partial charge in [0.25, 0.3) is 21.8 Å². The number of methoxy groups -OCH3 is 1. The normalized spacial score (nSPS) is 10.8. The number of amides is 2. The summed E-state index contributed by atoms with van der Waals surface area (Å²) in [4.78, 5) is 24.6. The number of hydrogen-bond donors (Lipinski definition) is 3. The molecule has 0 spiro atoms. The summed E-state index contributed by atoms with van der Waals surface area (Å²) in [5, 5.41) is 0. The van der Waals surface area contributed by atoms with E-state index in [4.69, 9.17) is 4.74 Å². The van der Waals surface area contributed by atoms with Gasteiger partial charge in [-0.2, -0.15) is 0 Å². The number of carbonyl (C=O) groups is 2. The summed E-state index contributed by atoms with van der Waals surface area (Å²) in [6.45, 7) is 1.67. The Balaban J connectivity index is 1.75. The molecule has 3 rings (SSSR count). The molecule has 160 valence electrons. The molecule has 0 aliphatic heterocycles. The van der Waals surface area contributed by atoms with Gasteiger partial charge < -0.3 is 4.74 Å². The highest BCUT2D eigenvalue weighted by Crippen LogP contribution is 2.21. The predicted octanol–water partition coefficient (Wildman–Crippen LogP) is 2.88. The third-order valence-electron chi connectivity index (χ3n) is 4.43. The molecule has 0 atom stereocenters. The van der Waals surface area contributed by atoms with Crippen molar-refractivity contribution in [2.24, 2.45) is 0 Å². The minimum Gasteiger partial charge on any atom is -0.497 e. The Morgan fingerprint density at radius 2 is 1.48 bits per heavy atom. The van der Waals surface area contributed by atoms with Crippen LogP contribution in [0.2, 0.25) is 0 Å². The molecule has 0 unspecified atom stereocenters. The number of hydrogen-bond acceptors (Lipinski definition) is 5. The van der Waals surface area contributed by atoms with Gasteiger partial charge in [-0.15, -0.1) is 0 Å². The molecule has 0 bridgehead atoms. The van der Waals surface area contributed by atoms with E-state index in [0.29, 0.717) is 22.6 Å². The van der Waals surface area contributed by atoms with Gasteiger partial charge in [-0.1, -0.05) is 24.3 Å². The standard InChI is InChI=1S/C22H21N3O5S/c1-15-8-13-19(31(28,29)25-17-9-11-18(30-2)12-10-17)14-20(15)22(27)24-23-21(26)16-6-4-3-5-7-16/h3-14,25H,1-2H3,(H,23,26)(H,24,27). The van der Waals surface area contributed by atoms with E-state index in [2.05, 4.69) is 15.6 Å². The molecular formula is C22H21N3O5S. The van der Waals surface area contributed by atoms with Crippen LogP contribution >= 0.6 is 0 Å². The predicted molar refractivity (Wildman–Crippen MR) is 116 cm³/mol. The van der Waals surface area contributed by atoms with E-state index >= 15 is 0 Å². The largest absolute Gasteiger partial charge is 0.497 e.